The Kier molecular flexibility index (Phi) is 3.23. The highest BCUT2D eigenvalue weighted by molar-refractivity contribution is 5.40. The standard InChI is InChI=1S/C14H18N4O/c1-18-7-6-16-14(18)8-12(17-15)11-9-19-13-5-3-2-4-10(11)13/h2-7,11-12,17H,8-9,15H2,1H3. The van der Waals surface area contributed by atoms with Crippen LogP contribution in [-0.2, 0) is 13.5 Å². The van der Waals surface area contributed by atoms with Gasteiger partial charge in [-0.2, -0.15) is 0 Å². The van der Waals surface area contributed by atoms with Gasteiger partial charge in [-0.25, -0.2) is 4.98 Å². The fourth-order valence-electron chi connectivity index (χ4n) is 2.63. The van der Waals surface area contributed by atoms with E-state index in [2.05, 4.69) is 16.5 Å². The molecule has 1 aromatic carbocycles. The van der Waals surface area contributed by atoms with E-state index in [0.29, 0.717) is 6.61 Å². The summed E-state index contributed by atoms with van der Waals surface area (Å²) in [6.45, 7) is 0.665. The van der Waals surface area contributed by atoms with Crippen molar-refractivity contribution in [3.63, 3.8) is 0 Å². The second-order valence-electron chi connectivity index (χ2n) is 4.89. The van der Waals surface area contributed by atoms with Gasteiger partial charge in [-0.3, -0.25) is 11.3 Å². The number of aromatic nitrogens is 2. The molecule has 0 bridgehead atoms. The Morgan fingerprint density at radius 2 is 2.37 bits per heavy atom. The lowest BCUT2D eigenvalue weighted by atomic mass is 9.91. The molecule has 0 radical (unpaired) electrons. The third-order valence-corrected chi connectivity index (χ3v) is 3.76. The van der Waals surface area contributed by atoms with Crippen LogP contribution >= 0.6 is 0 Å². The summed E-state index contributed by atoms with van der Waals surface area (Å²) in [6.07, 6.45) is 4.53. The topological polar surface area (TPSA) is 65.1 Å². The van der Waals surface area contributed by atoms with Crippen molar-refractivity contribution in [2.45, 2.75) is 18.4 Å². The predicted octanol–water partition coefficient (Wildman–Crippen LogP) is 0.971. The van der Waals surface area contributed by atoms with E-state index < -0.39 is 0 Å². The van der Waals surface area contributed by atoms with E-state index in [0.717, 1.165) is 18.0 Å². The van der Waals surface area contributed by atoms with Gasteiger partial charge in [0.2, 0.25) is 0 Å². The lowest BCUT2D eigenvalue weighted by Crippen LogP contribution is -2.42. The van der Waals surface area contributed by atoms with Crippen molar-refractivity contribution in [1.29, 1.82) is 0 Å². The molecule has 2 atom stereocenters. The molecule has 2 unspecified atom stereocenters. The van der Waals surface area contributed by atoms with Crippen molar-refractivity contribution in [1.82, 2.24) is 15.0 Å². The van der Waals surface area contributed by atoms with Gasteiger partial charge in [0.15, 0.2) is 0 Å². The highest BCUT2D eigenvalue weighted by Gasteiger charge is 2.31. The van der Waals surface area contributed by atoms with Gasteiger partial charge in [-0.15, -0.1) is 0 Å². The molecule has 2 aromatic rings. The van der Waals surface area contributed by atoms with Crippen molar-refractivity contribution in [3.05, 3.63) is 48.0 Å². The number of hydrazine groups is 1. The molecule has 0 spiro atoms. The lowest BCUT2D eigenvalue weighted by molar-refractivity contribution is 0.296. The number of hydrogen-bond acceptors (Lipinski definition) is 4. The summed E-state index contributed by atoms with van der Waals surface area (Å²) in [5, 5.41) is 0. The number of ether oxygens (including phenoxy) is 1. The average Bonchev–Trinajstić information content (AvgIpc) is 3.03. The number of nitrogens with two attached hydrogens (primary N) is 1. The molecule has 0 aliphatic carbocycles. The van der Waals surface area contributed by atoms with Crippen LogP contribution in [0.1, 0.15) is 17.3 Å². The van der Waals surface area contributed by atoms with Gasteiger partial charge in [0, 0.05) is 43.4 Å². The predicted molar refractivity (Wildman–Crippen MR) is 72.7 cm³/mol. The molecule has 19 heavy (non-hydrogen) atoms. The Bertz CT molecular complexity index is 566. The van der Waals surface area contributed by atoms with Crippen LogP contribution < -0.4 is 16.0 Å². The van der Waals surface area contributed by atoms with Gasteiger partial charge in [-0.05, 0) is 6.07 Å². The van der Waals surface area contributed by atoms with Crippen LogP contribution in [-0.4, -0.2) is 22.2 Å². The summed E-state index contributed by atoms with van der Waals surface area (Å²) < 4.78 is 7.74. The summed E-state index contributed by atoms with van der Waals surface area (Å²) in [5.41, 5.74) is 4.14. The zero-order valence-corrected chi connectivity index (χ0v) is 10.9. The number of benzene rings is 1. The van der Waals surface area contributed by atoms with Crippen LogP contribution in [0.5, 0.6) is 5.75 Å². The molecular formula is C14H18N4O. The maximum absolute atomic E-state index is 5.73. The summed E-state index contributed by atoms with van der Waals surface area (Å²) in [5.74, 6) is 7.98. The highest BCUT2D eigenvalue weighted by Crippen LogP contribution is 2.36. The molecule has 0 fully saturated rings. The number of para-hydroxylation sites is 1. The Balaban J connectivity index is 1.82. The molecule has 0 saturated heterocycles. The Hall–Kier alpha value is -1.85. The fourth-order valence-corrected chi connectivity index (χ4v) is 2.63. The molecule has 0 saturated carbocycles. The van der Waals surface area contributed by atoms with Gasteiger partial charge in [0.25, 0.3) is 0 Å². The number of fused-ring (bicyclic) bond motifs is 1. The zero-order chi connectivity index (χ0) is 13.2. The summed E-state index contributed by atoms with van der Waals surface area (Å²) >= 11 is 0. The second-order valence-corrected chi connectivity index (χ2v) is 4.89. The van der Waals surface area contributed by atoms with Gasteiger partial charge in [0.05, 0.1) is 6.61 Å². The molecule has 100 valence electrons. The largest absolute Gasteiger partial charge is 0.493 e. The van der Waals surface area contributed by atoms with Crippen molar-refractivity contribution in [2.75, 3.05) is 6.61 Å². The number of aryl methyl sites for hydroxylation is 1. The number of nitrogens with zero attached hydrogens (tertiary/aromatic N) is 2. The van der Waals surface area contributed by atoms with Crippen molar-refractivity contribution in [2.24, 2.45) is 12.9 Å². The van der Waals surface area contributed by atoms with Crippen molar-refractivity contribution in [3.8, 4) is 5.75 Å². The average molecular weight is 258 g/mol. The van der Waals surface area contributed by atoms with E-state index in [1.807, 2.05) is 42.2 Å². The summed E-state index contributed by atoms with van der Waals surface area (Å²) in [6, 6.07) is 8.25. The van der Waals surface area contributed by atoms with E-state index in [9.17, 15) is 0 Å². The molecular weight excluding hydrogens is 240 g/mol. The number of rotatable bonds is 4. The van der Waals surface area contributed by atoms with Crippen LogP contribution in [0.2, 0.25) is 0 Å². The first-order valence-electron chi connectivity index (χ1n) is 6.43. The smallest absolute Gasteiger partial charge is 0.122 e. The minimum atomic E-state index is 0.116. The van der Waals surface area contributed by atoms with Crippen LogP contribution in [0.25, 0.3) is 0 Å². The van der Waals surface area contributed by atoms with E-state index in [1.165, 1.54) is 5.56 Å². The number of imidazole rings is 1. The quantitative estimate of drug-likeness (QED) is 0.633. The van der Waals surface area contributed by atoms with Gasteiger partial charge in [0.1, 0.15) is 11.6 Å². The molecule has 0 amide bonds. The van der Waals surface area contributed by atoms with E-state index >= 15 is 0 Å². The molecule has 1 aliphatic rings. The minimum absolute atomic E-state index is 0.116. The molecule has 2 heterocycles. The van der Waals surface area contributed by atoms with Gasteiger partial charge in [-0.1, -0.05) is 18.2 Å². The van der Waals surface area contributed by atoms with Crippen LogP contribution in [0.15, 0.2) is 36.7 Å². The van der Waals surface area contributed by atoms with Gasteiger partial charge >= 0.3 is 0 Å². The number of nitrogens with one attached hydrogen (secondary N) is 1. The van der Waals surface area contributed by atoms with E-state index in [-0.39, 0.29) is 12.0 Å². The molecule has 5 nitrogen and oxygen atoms in total. The maximum atomic E-state index is 5.73. The normalized spacial score (nSPS) is 18.9. The zero-order valence-electron chi connectivity index (χ0n) is 10.9. The molecule has 1 aromatic heterocycles. The van der Waals surface area contributed by atoms with Gasteiger partial charge < -0.3 is 9.30 Å². The first kappa shape index (κ1) is 12.2. The van der Waals surface area contributed by atoms with E-state index in [4.69, 9.17) is 10.6 Å². The molecule has 3 rings (SSSR count). The maximum Gasteiger partial charge on any atom is 0.122 e. The second kappa shape index (κ2) is 5.03. The SMILES string of the molecule is Cn1ccnc1CC(NN)C1COc2ccccc21. The van der Waals surface area contributed by atoms with Crippen LogP contribution in [0.3, 0.4) is 0 Å². The fraction of sp³-hybridized carbons (Fsp3) is 0.357. The van der Waals surface area contributed by atoms with E-state index in [1.54, 1.807) is 0 Å². The first-order chi connectivity index (χ1) is 9.29. The van der Waals surface area contributed by atoms with Crippen LogP contribution in [0.4, 0.5) is 0 Å². The van der Waals surface area contributed by atoms with Crippen LogP contribution in [0, 0.1) is 0 Å². The third-order valence-electron chi connectivity index (χ3n) is 3.76. The Morgan fingerprint density at radius 3 is 3.11 bits per heavy atom. The highest BCUT2D eigenvalue weighted by atomic mass is 16.5. The third kappa shape index (κ3) is 2.22. The summed E-state index contributed by atoms with van der Waals surface area (Å²) in [7, 11) is 2.00. The first-order valence-corrected chi connectivity index (χ1v) is 6.43. The Labute approximate surface area is 112 Å². The molecule has 3 N–H and O–H groups in total. The minimum Gasteiger partial charge on any atom is -0.493 e. The Morgan fingerprint density at radius 1 is 1.53 bits per heavy atom. The monoisotopic (exact) mass is 258 g/mol. The molecule has 5 heteroatoms. The van der Waals surface area contributed by atoms with Crippen molar-refractivity contribution >= 4 is 0 Å². The summed E-state index contributed by atoms with van der Waals surface area (Å²) in [4.78, 5) is 4.36. The molecule has 1 aliphatic heterocycles. The van der Waals surface area contributed by atoms with Crippen molar-refractivity contribution < 1.29 is 4.74 Å². The lowest BCUT2D eigenvalue weighted by Gasteiger charge is -2.21. The number of hydrogen-bond donors (Lipinski definition) is 2.